The molecule has 7 nitrogen and oxygen atoms in total. The van der Waals surface area contributed by atoms with Gasteiger partial charge in [-0.15, -0.1) is 0 Å². The van der Waals surface area contributed by atoms with E-state index in [0.717, 1.165) is 5.56 Å². The van der Waals surface area contributed by atoms with E-state index in [4.69, 9.17) is 9.47 Å². The molecular weight excluding hydrogens is 427 g/mol. The maximum absolute atomic E-state index is 13.2. The zero-order valence-corrected chi connectivity index (χ0v) is 18.7. The van der Waals surface area contributed by atoms with Gasteiger partial charge >= 0.3 is 5.97 Å². The molecule has 0 fully saturated rings. The second kappa shape index (κ2) is 11.4. The number of nitrogens with zero attached hydrogens (tertiary/aromatic N) is 2. The van der Waals surface area contributed by atoms with E-state index >= 15 is 0 Å². The van der Waals surface area contributed by atoms with Crippen molar-refractivity contribution in [3.05, 3.63) is 82.2 Å². The number of hydrogen-bond acceptors (Lipinski definition) is 5. The SMILES string of the molecule is CCOC(Cc1ccc(OCCn2c(CC)nc(-c3ccc(F)cc3)cc2=O)cc1)C(=O)O. The van der Waals surface area contributed by atoms with Gasteiger partial charge in [0.2, 0.25) is 0 Å². The second-order valence-corrected chi connectivity index (χ2v) is 7.39. The number of carbonyl (C=O) groups is 1. The molecule has 0 aliphatic carbocycles. The Morgan fingerprint density at radius 2 is 1.82 bits per heavy atom. The average molecular weight is 454 g/mol. The predicted octanol–water partition coefficient (Wildman–Crippen LogP) is 3.72. The van der Waals surface area contributed by atoms with E-state index in [0.29, 0.717) is 42.4 Å². The van der Waals surface area contributed by atoms with Crippen molar-refractivity contribution < 1.29 is 23.8 Å². The summed E-state index contributed by atoms with van der Waals surface area (Å²) in [4.78, 5) is 28.5. The van der Waals surface area contributed by atoms with Crippen LogP contribution in [0.4, 0.5) is 4.39 Å². The number of aromatic nitrogens is 2. The molecule has 174 valence electrons. The van der Waals surface area contributed by atoms with E-state index in [2.05, 4.69) is 4.98 Å². The highest BCUT2D eigenvalue weighted by atomic mass is 19.1. The van der Waals surface area contributed by atoms with Gasteiger partial charge in [0.15, 0.2) is 6.10 Å². The quantitative estimate of drug-likeness (QED) is 0.475. The van der Waals surface area contributed by atoms with Gasteiger partial charge in [-0.1, -0.05) is 19.1 Å². The third-order valence-electron chi connectivity index (χ3n) is 5.11. The third kappa shape index (κ3) is 6.49. The molecule has 0 amide bonds. The molecule has 0 saturated heterocycles. The molecule has 0 radical (unpaired) electrons. The fourth-order valence-corrected chi connectivity index (χ4v) is 3.44. The first-order valence-electron chi connectivity index (χ1n) is 10.8. The van der Waals surface area contributed by atoms with Crippen LogP contribution in [0, 0.1) is 5.82 Å². The van der Waals surface area contributed by atoms with Gasteiger partial charge in [0.05, 0.1) is 12.2 Å². The lowest BCUT2D eigenvalue weighted by molar-refractivity contribution is -0.149. The van der Waals surface area contributed by atoms with E-state index < -0.39 is 12.1 Å². The first kappa shape index (κ1) is 24.1. The molecule has 33 heavy (non-hydrogen) atoms. The van der Waals surface area contributed by atoms with Gasteiger partial charge in [-0.25, -0.2) is 14.2 Å². The van der Waals surface area contributed by atoms with Crippen molar-refractivity contribution in [2.45, 2.75) is 39.3 Å². The minimum atomic E-state index is -0.992. The Labute approximate surface area is 191 Å². The number of aryl methyl sites for hydroxylation is 1. The van der Waals surface area contributed by atoms with E-state index in [9.17, 15) is 19.1 Å². The molecule has 1 N–H and O–H groups in total. The van der Waals surface area contributed by atoms with Crippen molar-refractivity contribution in [1.82, 2.24) is 9.55 Å². The van der Waals surface area contributed by atoms with Crippen molar-refractivity contribution in [3.63, 3.8) is 0 Å². The summed E-state index contributed by atoms with van der Waals surface area (Å²) in [6.45, 7) is 4.59. The van der Waals surface area contributed by atoms with Crippen LogP contribution in [0.25, 0.3) is 11.3 Å². The predicted molar refractivity (Wildman–Crippen MR) is 122 cm³/mol. The number of hydrogen-bond donors (Lipinski definition) is 1. The first-order chi connectivity index (χ1) is 15.9. The summed E-state index contributed by atoms with van der Waals surface area (Å²) in [5.74, 6) is -0.0992. The highest BCUT2D eigenvalue weighted by Crippen LogP contribution is 2.17. The van der Waals surface area contributed by atoms with Crippen LogP contribution < -0.4 is 10.3 Å². The lowest BCUT2D eigenvalue weighted by Crippen LogP contribution is -2.27. The van der Waals surface area contributed by atoms with Crippen LogP contribution in [0.5, 0.6) is 5.75 Å². The molecule has 0 spiro atoms. The van der Waals surface area contributed by atoms with E-state index in [1.807, 2.05) is 6.92 Å². The van der Waals surface area contributed by atoms with Crippen LogP contribution in [0.15, 0.2) is 59.4 Å². The molecule has 1 heterocycles. The number of carboxylic acid groups (broad SMARTS) is 1. The molecule has 0 aliphatic heterocycles. The highest BCUT2D eigenvalue weighted by molar-refractivity contribution is 5.72. The van der Waals surface area contributed by atoms with Gasteiger partial charge in [-0.2, -0.15) is 0 Å². The van der Waals surface area contributed by atoms with Crippen molar-refractivity contribution in [2.75, 3.05) is 13.2 Å². The molecule has 0 bridgehead atoms. The average Bonchev–Trinajstić information content (AvgIpc) is 2.81. The standard InChI is InChI=1S/C25H27FN2O5/c1-3-23-27-21(18-7-9-19(26)10-8-18)16-24(29)28(23)13-14-33-20-11-5-17(6-12-20)15-22(25(30)31)32-4-2/h5-12,16,22H,3-4,13-15H2,1-2H3,(H,30,31). The Morgan fingerprint density at radius 3 is 2.42 bits per heavy atom. The van der Waals surface area contributed by atoms with Gasteiger partial charge in [0.1, 0.15) is 24.0 Å². The van der Waals surface area contributed by atoms with Gasteiger partial charge in [-0.05, 0) is 48.9 Å². The maximum Gasteiger partial charge on any atom is 0.333 e. The Balaban J connectivity index is 1.63. The molecule has 0 aliphatic rings. The number of aliphatic carboxylic acids is 1. The number of rotatable bonds is 11. The molecule has 1 unspecified atom stereocenters. The summed E-state index contributed by atoms with van der Waals surface area (Å²) in [7, 11) is 0. The Bertz CT molecular complexity index is 1130. The minimum absolute atomic E-state index is 0.198. The molecular formula is C25H27FN2O5. The summed E-state index contributed by atoms with van der Waals surface area (Å²) in [5.41, 5.74) is 1.82. The maximum atomic E-state index is 13.2. The van der Waals surface area contributed by atoms with Gasteiger partial charge in [0.25, 0.3) is 5.56 Å². The lowest BCUT2D eigenvalue weighted by atomic mass is 10.1. The molecule has 3 aromatic rings. The van der Waals surface area contributed by atoms with Gasteiger partial charge in [-0.3, -0.25) is 9.36 Å². The summed E-state index contributed by atoms with van der Waals surface area (Å²) in [6, 6.07) is 14.4. The fourth-order valence-electron chi connectivity index (χ4n) is 3.44. The Hall–Kier alpha value is -3.52. The van der Waals surface area contributed by atoms with Crippen LogP contribution in [0.2, 0.25) is 0 Å². The smallest absolute Gasteiger partial charge is 0.333 e. The van der Waals surface area contributed by atoms with Crippen LogP contribution in [0.1, 0.15) is 25.2 Å². The van der Waals surface area contributed by atoms with Crippen molar-refractivity contribution in [1.29, 1.82) is 0 Å². The van der Waals surface area contributed by atoms with Crippen LogP contribution in [0.3, 0.4) is 0 Å². The largest absolute Gasteiger partial charge is 0.492 e. The topological polar surface area (TPSA) is 90.7 Å². The number of benzene rings is 2. The summed E-state index contributed by atoms with van der Waals surface area (Å²) < 4.78 is 25.8. The lowest BCUT2D eigenvalue weighted by Gasteiger charge is -2.14. The van der Waals surface area contributed by atoms with E-state index in [1.165, 1.54) is 18.2 Å². The molecule has 2 aromatic carbocycles. The summed E-state index contributed by atoms with van der Waals surface area (Å²) >= 11 is 0. The Kier molecular flexibility index (Phi) is 8.32. The normalized spacial score (nSPS) is 11.8. The van der Waals surface area contributed by atoms with Gasteiger partial charge in [0, 0.05) is 31.1 Å². The van der Waals surface area contributed by atoms with E-state index in [-0.39, 0.29) is 24.4 Å². The second-order valence-electron chi connectivity index (χ2n) is 7.39. The molecule has 1 aromatic heterocycles. The van der Waals surface area contributed by atoms with Crippen LogP contribution in [-0.4, -0.2) is 39.9 Å². The monoisotopic (exact) mass is 454 g/mol. The molecule has 1 atom stereocenters. The van der Waals surface area contributed by atoms with Crippen molar-refractivity contribution in [3.8, 4) is 17.0 Å². The number of carboxylic acids is 1. The zero-order valence-electron chi connectivity index (χ0n) is 18.7. The number of ether oxygens (including phenoxy) is 2. The molecule has 0 saturated carbocycles. The summed E-state index contributed by atoms with van der Waals surface area (Å²) in [6.07, 6.45) is -0.0552. The fraction of sp³-hybridized carbons (Fsp3) is 0.320. The van der Waals surface area contributed by atoms with Crippen molar-refractivity contribution in [2.24, 2.45) is 0 Å². The van der Waals surface area contributed by atoms with Crippen LogP contribution >= 0.6 is 0 Å². The number of halogens is 1. The first-order valence-corrected chi connectivity index (χ1v) is 10.8. The van der Waals surface area contributed by atoms with E-state index in [1.54, 1.807) is 47.9 Å². The molecule has 3 rings (SSSR count). The molecule has 8 heteroatoms. The van der Waals surface area contributed by atoms with Gasteiger partial charge < -0.3 is 14.6 Å². The van der Waals surface area contributed by atoms with Crippen LogP contribution in [-0.2, 0) is 28.9 Å². The highest BCUT2D eigenvalue weighted by Gasteiger charge is 2.17. The Morgan fingerprint density at radius 1 is 1.12 bits per heavy atom. The minimum Gasteiger partial charge on any atom is -0.492 e. The zero-order chi connectivity index (χ0) is 23.8. The third-order valence-corrected chi connectivity index (χ3v) is 5.11. The summed E-state index contributed by atoms with van der Waals surface area (Å²) in [5, 5.41) is 9.20. The van der Waals surface area contributed by atoms with Crippen molar-refractivity contribution >= 4 is 5.97 Å².